The number of hydrogen-bond acceptors (Lipinski definition) is 6. The standard InChI is InChI=1S/C23H32F3N3O4S/c24-16-6-8-17(9-7-16)33-23(25,26)13-28-19(12-34-11-15-3-4-15)22(32)29-18(20(30)21(27)31)10-5-14-1-2-14/h6-9,14-15,18-20,28,30H,1-5,10-13H2,(H2,27,31)(H,29,32). The van der Waals surface area contributed by atoms with E-state index >= 15 is 0 Å². The molecule has 190 valence electrons. The van der Waals surface area contributed by atoms with Crippen molar-refractivity contribution in [2.45, 2.75) is 62.8 Å². The zero-order chi connectivity index (χ0) is 24.7. The number of benzene rings is 1. The van der Waals surface area contributed by atoms with Gasteiger partial charge in [0.25, 0.3) is 0 Å². The number of nitrogens with one attached hydrogen (secondary N) is 2. The summed E-state index contributed by atoms with van der Waals surface area (Å²) in [7, 11) is 0. The Balaban J connectivity index is 1.59. The van der Waals surface area contributed by atoms with E-state index in [0.717, 1.165) is 62.1 Å². The minimum atomic E-state index is -3.66. The molecule has 2 aliphatic rings. The summed E-state index contributed by atoms with van der Waals surface area (Å²) in [6, 6.07) is 2.31. The minimum Gasteiger partial charge on any atom is -0.432 e. The SMILES string of the molecule is NC(=O)C(O)C(CCC1CC1)NC(=O)C(CSCC1CC1)NCC(F)(F)Oc1ccc(F)cc1. The first-order valence-corrected chi connectivity index (χ1v) is 12.7. The van der Waals surface area contributed by atoms with Gasteiger partial charge in [0.1, 0.15) is 18.1 Å². The van der Waals surface area contributed by atoms with Gasteiger partial charge in [-0.25, -0.2) is 4.39 Å². The van der Waals surface area contributed by atoms with Crippen LogP contribution in [0.4, 0.5) is 13.2 Å². The largest absolute Gasteiger partial charge is 0.432 e. The van der Waals surface area contributed by atoms with Crippen LogP contribution in [0.1, 0.15) is 38.5 Å². The van der Waals surface area contributed by atoms with E-state index in [-0.39, 0.29) is 11.5 Å². The van der Waals surface area contributed by atoms with Crippen molar-refractivity contribution in [2.75, 3.05) is 18.1 Å². The molecule has 2 aliphatic carbocycles. The van der Waals surface area contributed by atoms with Gasteiger partial charge in [-0.15, -0.1) is 0 Å². The van der Waals surface area contributed by atoms with Crippen molar-refractivity contribution >= 4 is 23.6 Å². The van der Waals surface area contributed by atoms with Gasteiger partial charge in [0.05, 0.1) is 12.1 Å². The molecule has 2 saturated carbocycles. The Labute approximate surface area is 201 Å². The molecule has 5 N–H and O–H groups in total. The van der Waals surface area contributed by atoms with Gasteiger partial charge in [0.15, 0.2) is 6.10 Å². The summed E-state index contributed by atoms with van der Waals surface area (Å²) >= 11 is 1.48. The van der Waals surface area contributed by atoms with Crippen molar-refractivity contribution in [1.82, 2.24) is 10.6 Å². The van der Waals surface area contributed by atoms with Crippen LogP contribution in [-0.2, 0) is 9.59 Å². The maximum Gasteiger partial charge on any atom is 0.410 e. The van der Waals surface area contributed by atoms with Crippen molar-refractivity contribution < 1.29 is 32.6 Å². The zero-order valence-electron chi connectivity index (χ0n) is 18.9. The highest BCUT2D eigenvalue weighted by molar-refractivity contribution is 7.99. The Morgan fingerprint density at radius 2 is 1.82 bits per heavy atom. The number of ether oxygens (including phenoxy) is 1. The van der Waals surface area contributed by atoms with Crippen LogP contribution in [0, 0.1) is 17.7 Å². The monoisotopic (exact) mass is 503 g/mol. The van der Waals surface area contributed by atoms with E-state index < -0.39 is 48.5 Å². The lowest BCUT2D eigenvalue weighted by atomic mass is 10.0. The van der Waals surface area contributed by atoms with Crippen LogP contribution in [0.3, 0.4) is 0 Å². The van der Waals surface area contributed by atoms with Crippen LogP contribution in [0.15, 0.2) is 24.3 Å². The molecule has 2 fully saturated rings. The number of primary amides is 1. The van der Waals surface area contributed by atoms with Gasteiger partial charge >= 0.3 is 6.11 Å². The third-order valence-electron chi connectivity index (χ3n) is 5.87. The van der Waals surface area contributed by atoms with Crippen molar-refractivity contribution in [1.29, 1.82) is 0 Å². The molecule has 11 heteroatoms. The normalized spacial score (nSPS) is 18.7. The second-order valence-electron chi connectivity index (χ2n) is 9.09. The predicted molar refractivity (Wildman–Crippen MR) is 123 cm³/mol. The second kappa shape index (κ2) is 12.1. The Morgan fingerprint density at radius 3 is 2.41 bits per heavy atom. The minimum absolute atomic E-state index is 0.206. The topological polar surface area (TPSA) is 114 Å². The van der Waals surface area contributed by atoms with Gasteiger partial charge in [-0.3, -0.25) is 14.9 Å². The highest BCUT2D eigenvalue weighted by atomic mass is 32.2. The molecule has 7 nitrogen and oxygen atoms in total. The molecular weight excluding hydrogens is 471 g/mol. The third-order valence-corrected chi connectivity index (χ3v) is 7.15. The highest BCUT2D eigenvalue weighted by Crippen LogP contribution is 2.34. The Hall–Kier alpha value is -1.98. The smallest absolute Gasteiger partial charge is 0.410 e. The second-order valence-corrected chi connectivity index (χ2v) is 10.2. The first-order valence-electron chi connectivity index (χ1n) is 11.5. The van der Waals surface area contributed by atoms with Crippen LogP contribution in [0.25, 0.3) is 0 Å². The Kier molecular flexibility index (Phi) is 9.49. The van der Waals surface area contributed by atoms with Crippen molar-refractivity contribution in [3.8, 4) is 5.75 Å². The summed E-state index contributed by atoms with van der Waals surface area (Å²) in [4.78, 5) is 24.5. The first kappa shape index (κ1) is 26.6. The third kappa shape index (κ3) is 9.34. The van der Waals surface area contributed by atoms with E-state index in [0.29, 0.717) is 18.3 Å². The van der Waals surface area contributed by atoms with Crippen molar-refractivity contribution in [3.05, 3.63) is 30.1 Å². The molecule has 0 bridgehead atoms. The maximum absolute atomic E-state index is 14.4. The summed E-state index contributed by atoms with van der Waals surface area (Å²) in [6.45, 7) is -0.961. The fraction of sp³-hybridized carbons (Fsp3) is 0.652. The van der Waals surface area contributed by atoms with Crippen LogP contribution in [0.5, 0.6) is 5.75 Å². The molecule has 0 aromatic heterocycles. The Morgan fingerprint density at radius 1 is 1.18 bits per heavy atom. The first-order chi connectivity index (χ1) is 16.1. The lowest BCUT2D eigenvalue weighted by Crippen LogP contribution is -2.56. The van der Waals surface area contributed by atoms with Crippen LogP contribution < -0.4 is 21.1 Å². The van der Waals surface area contributed by atoms with Gasteiger partial charge in [-0.1, -0.05) is 12.8 Å². The molecule has 34 heavy (non-hydrogen) atoms. The number of nitrogens with two attached hydrogens (primary N) is 1. The maximum atomic E-state index is 14.4. The number of carbonyl (C=O) groups is 2. The van der Waals surface area contributed by atoms with Crippen molar-refractivity contribution in [3.63, 3.8) is 0 Å². The van der Waals surface area contributed by atoms with E-state index in [1.165, 1.54) is 11.8 Å². The quantitative estimate of drug-likeness (QED) is 0.276. The number of hydrogen-bond donors (Lipinski definition) is 4. The number of rotatable bonds is 16. The van der Waals surface area contributed by atoms with Gasteiger partial charge in [-0.05, 0) is 67.5 Å². The van der Waals surface area contributed by atoms with Crippen LogP contribution in [0.2, 0.25) is 0 Å². The van der Waals surface area contributed by atoms with Crippen LogP contribution in [-0.4, -0.2) is 59.3 Å². The average Bonchev–Trinajstić information content (AvgIpc) is 3.69. The molecule has 3 unspecified atom stereocenters. The average molecular weight is 504 g/mol. The molecule has 0 aliphatic heterocycles. The van der Waals surface area contributed by atoms with E-state index in [9.17, 15) is 27.9 Å². The summed E-state index contributed by atoms with van der Waals surface area (Å²) in [6.07, 6.45) is 0.251. The van der Waals surface area contributed by atoms with Gasteiger partial charge in [0.2, 0.25) is 11.8 Å². The van der Waals surface area contributed by atoms with E-state index in [1.807, 2.05) is 0 Å². The fourth-order valence-corrected chi connectivity index (χ4v) is 4.74. The molecule has 3 atom stereocenters. The summed E-state index contributed by atoms with van der Waals surface area (Å²) in [5, 5.41) is 15.4. The molecular formula is C23H32F3N3O4S. The van der Waals surface area contributed by atoms with E-state index in [1.54, 1.807) is 0 Å². The van der Waals surface area contributed by atoms with Crippen molar-refractivity contribution in [2.24, 2.45) is 17.6 Å². The lowest BCUT2D eigenvalue weighted by molar-refractivity contribution is -0.172. The summed E-state index contributed by atoms with van der Waals surface area (Å²) < 4.78 is 46.4. The summed E-state index contributed by atoms with van der Waals surface area (Å²) in [5.74, 6) is -0.186. The van der Waals surface area contributed by atoms with Gasteiger partial charge in [-0.2, -0.15) is 20.5 Å². The predicted octanol–water partition coefficient (Wildman–Crippen LogP) is 2.42. The number of aliphatic hydroxyl groups is 1. The van der Waals surface area contributed by atoms with Gasteiger partial charge in [0, 0.05) is 5.75 Å². The number of carbonyl (C=O) groups excluding carboxylic acids is 2. The molecule has 0 spiro atoms. The zero-order valence-corrected chi connectivity index (χ0v) is 19.7. The number of alkyl halides is 2. The fourth-order valence-electron chi connectivity index (χ4n) is 3.43. The highest BCUT2D eigenvalue weighted by Gasteiger charge is 2.36. The molecule has 0 saturated heterocycles. The number of thioether (sulfide) groups is 1. The van der Waals surface area contributed by atoms with Crippen LogP contribution >= 0.6 is 11.8 Å². The molecule has 0 radical (unpaired) electrons. The molecule has 1 aromatic rings. The number of halogens is 3. The van der Waals surface area contributed by atoms with E-state index in [4.69, 9.17) is 5.73 Å². The molecule has 2 amide bonds. The molecule has 3 rings (SSSR count). The molecule has 1 aromatic carbocycles. The number of amides is 2. The van der Waals surface area contributed by atoms with Gasteiger partial charge < -0.3 is 20.9 Å². The van der Waals surface area contributed by atoms with E-state index in [2.05, 4.69) is 15.4 Å². The Bertz CT molecular complexity index is 822. The molecule has 0 heterocycles. The number of aliphatic hydroxyl groups excluding tert-OH is 1. The lowest BCUT2D eigenvalue weighted by Gasteiger charge is -2.27. The summed E-state index contributed by atoms with van der Waals surface area (Å²) in [5.41, 5.74) is 5.23.